The van der Waals surface area contributed by atoms with Crippen molar-refractivity contribution in [2.45, 2.75) is 12.8 Å². The molecule has 0 aromatic heterocycles. The molecular formula is C20H15N5O3. The number of hydrogen-bond acceptors (Lipinski definition) is 7. The zero-order valence-corrected chi connectivity index (χ0v) is 14.8. The molecule has 4 rings (SSSR count). The van der Waals surface area contributed by atoms with Crippen LogP contribution in [0.25, 0.3) is 0 Å². The fraction of sp³-hybridized carbons (Fsp3) is 0.100. The van der Waals surface area contributed by atoms with Gasteiger partial charge < -0.3 is 15.8 Å². The summed E-state index contributed by atoms with van der Waals surface area (Å²) in [5, 5.41) is 24.0. The normalized spacial score (nSPS) is 18.0. The van der Waals surface area contributed by atoms with Crippen molar-refractivity contribution in [3.8, 4) is 6.07 Å². The number of nitrogens with one attached hydrogen (secondary N) is 1. The maximum Gasteiger partial charge on any atom is 0.269 e. The van der Waals surface area contributed by atoms with Crippen molar-refractivity contribution >= 4 is 23.0 Å². The molecule has 0 fully saturated rings. The number of fused-ring (bicyclic) bond motifs is 2. The summed E-state index contributed by atoms with van der Waals surface area (Å²) in [6.07, 6.45) is 0. The summed E-state index contributed by atoms with van der Waals surface area (Å²) in [6, 6.07) is 15.6. The van der Waals surface area contributed by atoms with E-state index < -0.39 is 10.8 Å². The van der Waals surface area contributed by atoms with Crippen LogP contribution in [0.15, 0.2) is 76.2 Å². The third-order valence-electron chi connectivity index (χ3n) is 4.69. The average molecular weight is 373 g/mol. The first kappa shape index (κ1) is 17.3. The summed E-state index contributed by atoms with van der Waals surface area (Å²) >= 11 is 0. The summed E-state index contributed by atoms with van der Waals surface area (Å²) in [4.78, 5) is 15.1. The standard InChI is InChI=1S/C20H15N5O3/c1-11-17-18(12-6-8-13(9-7-12)25(26)27)14(10-21)19(22)28-20(17)24-16-5-3-2-4-15(16)23-11/h2-9,18,23H,22H2,1H3. The molecule has 0 aliphatic carbocycles. The summed E-state index contributed by atoms with van der Waals surface area (Å²) in [5.41, 5.74) is 9.81. The second-order valence-electron chi connectivity index (χ2n) is 6.37. The van der Waals surface area contributed by atoms with Crippen LogP contribution in [0.1, 0.15) is 18.4 Å². The highest BCUT2D eigenvalue weighted by Crippen LogP contribution is 2.43. The molecule has 2 aliphatic heterocycles. The molecule has 3 N–H and O–H groups in total. The average Bonchev–Trinajstić information content (AvgIpc) is 2.82. The van der Waals surface area contributed by atoms with Crippen LogP contribution in [0.5, 0.6) is 0 Å². The zero-order chi connectivity index (χ0) is 19.8. The van der Waals surface area contributed by atoms with Gasteiger partial charge in [-0.25, -0.2) is 4.99 Å². The lowest BCUT2D eigenvalue weighted by Crippen LogP contribution is -2.28. The number of rotatable bonds is 2. The first-order valence-corrected chi connectivity index (χ1v) is 8.47. The SMILES string of the molecule is CC1=C2C(=Nc3ccccc3N1)OC(N)=C(C#N)C2c1ccc([N+](=O)[O-])cc1. The highest BCUT2D eigenvalue weighted by Gasteiger charge is 2.37. The minimum Gasteiger partial charge on any atom is -0.422 e. The first-order valence-electron chi connectivity index (χ1n) is 8.47. The van der Waals surface area contributed by atoms with Crippen molar-refractivity contribution in [2.24, 2.45) is 10.7 Å². The number of hydrogen-bond donors (Lipinski definition) is 2. The fourth-order valence-electron chi connectivity index (χ4n) is 3.38. The van der Waals surface area contributed by atoms with Gasteiger partial charge in [0.05, 0.1) is 22.2 Å². The second kappa shape index (κ2) is 6.55. The van der Waals surface area contributed by atoms with E-state index in [9.17, 15) is 15.4 Å². The quantitative estimate of drug-likeness (QED) is 0.608. The van der Waals surface area contributed by atoms with Gasteiger partial charge in [-0.05, 0) is 24.6 Å². The molecule has 0 radical (unpaired) electrons. The Bertz CT molecular complexity index is 1120. The summed E-state index contributed by atoms with van der Waals surface area (Å²) in [6.45, 7) is 1.87. The van der Waals surface area contributed by atoms with Gasteiger partial charge in [-0.15, -0.1) is 0 Å². The molecule has 138 valence electrons. The molecule has 0 amide bonds. The van der Waals surface area contributed by atoms with E-state index in [0.717, 1.165) is 11.4 Å². The molecule has 0 saturated heterocycles. The topological polar surface area (TPSA) is 127 Å². The highest BCUT2D eigenvalue weighted by molar-refractivity contribution is 6.02. The Morgan fingerprint density at radius 2 is 1.96 bits per heavy atom. The van der Waals surface area contributed by atoms with Crippen molar-refractivity contribution in [1.82, 2.24) is 0 Å². The molecule has 2 aliphatic rings. The molecule has 2 aromatic rings. The maximum atomic E-state index is 11.0. The van der Waals surface area contributed by atoms with E-state index in [4.69, 9.17) is 10.5 Å². The lowest BCUT2D eigenvalue weighted by molar-refractivity contribution is -0.384. The van der Waals surface area contributed by atoms with Gasteiger partial charge in [0.2, 0.25) is 11.8 Å². The predicted molar refractivity (Wildman–Crippen MR) is 104 cm³/mol. The molecule has 8 nitrogen and oxygen atoms in total. The van der Waals surface area contributed by atoms with Crippen LogP contribution in [-0.2, 0) is 4.74 Å². The smallest absolute Gasteiger partial charge is 0.269 e. The molecule has 28 heavy (non-hydrogen) atoms. The van der Waals surface area contributed by atoms with Crippen LogP contribution in [0, 0.1) is 21.4 Å². The molecule has 2 aromatic carbocycles. The fourth-order valence-corrected chi connectivity index (χ4v) is 3.38. The Balaban J connectivity index is 1.92. The van der Waals surface area contributed by atoms with E-state index in [0.29, 0.717) is 22.7 Å². The van der Waals surface area contributed by atoms with Gasteiger partial charge in [0, 0.05) is 23.4 Å². The number of nitrogens with two attached hydrogens (primary N) is 1. The van der Waals surface area contributed by atoms with Gasteiger partial charge in [-0.2, -0.15) is 5.26 Å². The predicted octanol–water partition coefficient (Wildman–Crippen LogP) is 3.83. The Morgan fingerprint density at radius 3 is 2.64 bits per heavy atom. The van der Waals surface area contributed by atoms with Crippen LogP contribution < -0.4 is 11.1 Å². The molecule has 1 atom stereocenters. The summed E-state index contributed by atoms with van der Waals surface area (Å²) in [5.74, 6) is -0.282. The van der Waals surface area contributed by atoms with E-state index in [1.165, 1.54) is 12.1 Å². The number of nitro groups is 1. The van der Waals surface area contributed by atoms with Gasteiger partial charge in [0.15, 0.2) is 0 Å². The van der Waals surface area contributed by atoms with Gasteiger partial charge in [0.1, 0.15) is 11.6 Å². The van der Waals surface area contributed by atoms with Crippen molar-refractivity contribution in [1.29, 1.82) is 5.26 Å². The second-order valence-corrected chi connectivity index (χ2v) is 6.37. The summed E-state index contributed by atoms with van der Waals surface area (Å²) < 4.78 is 5.69. The van der Waals surface area contributed by atoms with Crippen molar-refractivity contribution in [3.63, 3.8) is 0 Å². The van der Waals surface area contributed by atoms with E-state index in [1.807, 2.05) is 31.2 Å². The van der Waals surface area contributed by atoms with Crippen LogP contribution in [0.2, 0.25) is 0 Å². The number of allylic oxidation sites excluding steroid dienone is 2. The van der Waals surface area contributed by atoms with Gasteiger partial charge in [0.25, 0.3) is 5.69 Å². The molecule has 0 spiro atoms. The Hall–Kier alpha value is -4.12. The lowest BCUT2D eigenvalue weighted by atomic mass is 9.82. The van der Waals surface area contributed by atoms with E-state index >= 15 is 0 Å². The molecule has 1 unspecified atom stereocenters. The van der Waals surface area contributed by atoms with Crippen molar-refractivity contribution < 1.29 is 9.66 Å². The molecule has 8 heteroatoms. The number of nitrogens with zero attached hydrogens (tertiary/aromatic N) is 3. The van der Waals surface area contributed by atoms with Gasteiger partial charge in [-0.1, -0.05) is 24.3 Å². The molecule has 2 heterocycles. The third-order valence-corrected chi connectivity index (χ3v) is 4.69. The van der Waals surface area contributed by atoms with Crippen LogP contribution in [0.4, 0.5) is 17.1 Å². The Labute approximate surface area is 160 Å². The monoisotopic (exact) mass is 373 g/mol. The van der Waals surface area contributed by atoms with Crippen molar-refractivity contribution in [2.75, 3.05) is 5.32 Å². The highest BCUT2D eigenvalue weighted by atomic mass is 16.6. The number of non-ortho nitro benzene ring substituents is 1. The number of nitriles is 1. The van der Waals surface area contributed by atoms with Crippen LogP contribution >= 0.6 is 0 Å². The minimum atomic E-state index is -0.555. The zero-order valence-electron chi connectivity index (χ0n) is 14.8. The Kier molecular flexibility index (Phi) is 4.05. The molecular weight excluding hydrogens is 358 g/mol. The largest absolute Gasteiger partial charge is 0.422 e. The molecule has 0 bridgehead atoms. The number of aliphatic imine (C=N–C) groups is 1. The lowest BCUT2D eigenvalue weighted by Gasteiger charge is -2.28. The maximum absolute atomic E-state index is 11.0. The summed E-state index contributed by atoms with van der Waals surface area (Å²) in [7, 11) is 0. The molecule has 0 saturated carbocycles. The van der Waals surface area contributed by atoms with Crippen molar-refractivity contribution in [3.05, 3.63) is 86.9 Å². The van der Waals surface area contributed by atoms with Gasteiger partial charge in [-0.3, -0.25) is 10.1 Å². The number of ether oxygens (including phenoxy) is 1. The number of anilines is 1. The number of para-hydroxylation sites is 2. The Morgan fingerprint density at radius 1 is 1.25 bits per heavy atom. The van der Waals surface area contributed by atoms with E-state index in [-0.39, 0.29) is 17.1 Å². The third kappa shape index (κ3) is 2.75. The first-order chi connectivity index (χ1) is 13.5. The number of nitro benzene ring substituents is 1. The van der Waals surface area contributed by atoms with Crippen LogP contribution in [0.3, 0.4) is 0 Å². The van der Waals surface area contributed by atoms with E-state index in [1.54, 1.807) is 12.1 Å². The minimum absolute atomic E-state index is 0.0273. The van der Waals surface area contributed by atoms with Gasteiger partial charge >= 0.3 is 0 Å². The van der Waals surface area contributed by atoms with Crippen LogP contribution in [-0.4, -0.2) is 10.8 Å². The van der Waals surface area contributed by atoms with E-state index in [2.05, 4.69) is 16.4 Å². The number of benzene rings is 2.